The first-order chi connectivity index (χ1) is 31.8. The highest BCUT2D eigenvalue weighted by molar-refractivity contribution is 6.23. The van der Waals surface area contributed by atoms with Gasteiger partial charge in [0.2, 0.25) is 5.91 Å². The van der Waals surface area contributed by atoms with Crippen LogP contribution in [0, 0.1) is 34.7 Å². The molecule has 2 atom stereocenters. The number of aldehydes is 1. The third-order valence-electron chi connectivity index (χ3n) is 12.4. The maximum atomic E-state index is 15.5. The van der Waals surface area contributed by atoms with Crippen molar-refractivity contribution < 1.29 is 41.9 Å². The van der Waals surface area contributed by atoms with E-state index in [9.17, 15) is 33.6 Å². The zero-order valence-electron chi connectivity index (χ0n) is 39.0. The molecule has 2 unspecified atom stereocenters. The number of hydrogen-bond acceptors (Lipinski definition) is 11. The number of rotatable bonds is 12. The lowest BCUT2D eigenvalue weighted by atomic mass is 9.95. The van der Waals surface area contributed by atoms with Crippen LogP contribution in [-0.4, -0.2) is 136 Å². The average Bonchev–Trinajstić information content (AvgIpc) is 3.58. The molecule has 0 aliphatic carbocycles. The van der Waals surface area contributed by atoms with Crippen molar-refractivity contribution in [2.24, 2.45) is 5.92 Å². The number of urea groups is 1. The molecule has 0 saturated carbocycles. The molecule has 0 radical (unpaired) electrons. The van der Waals surface area contributed by atoms with Crippen LogP contribution in [0.3, 0.4) is 0 Å². The third-order valence-corrected chi connectivity index (χ3v) is 12.4. The molecule has 15 nitrogen and oxygen atoms in total. The lowest BCUT2D eigenvalue weighted by Gasteiger charge is -2.41. The van der Waals surface area contributed by atoms with Gasteiger partial charge in [-0.3, -0.25) is 24.2 Å². The van der Waals surface area contributed by atoms with Crippen LogP contribution in [0.4, 0.5) is 40.7 Å². The first kappa shape index (κ1) is 50.6. The summed E-state index contributed by atoms with van der Waals surface area (Å²) in [6.07, 6.45) is 2.30. The van der Waals surface area contributed by atoms with Crippen molar-refractivity contribution in [2.45, 2.75) is 72.4 Å². The van der Waals surface area contributed by atoms with E-state index in [0.29, 0.717) is 50.6 Å². The Morgan fingerprint density at radius 3 is 2.15 bits per heavy atom. The number of anilines is 4. The van der Waals surface area contributed by atoms with Gasteiger partial charge in [0.05, 0.1) is 29.6 Å². The number of fused-ring (bicyclic) bond motifs is 1. The Hall–Kier alpha value is -6.35. The van der Waals surface area contributed by atoms with Gasteiger partial charge in [0.15, 0.2) is 0 Å². The molecule has 0 aromatic heterocycles. The van der Waals surface area contributed by atoms with Gasteiger partial charge in [-0.15, -0.1) is 0 Å². The molecule has 0 bridgehead atoms. The fourth-order valence-electron chi connectivity index (χ4n) is 9.00. The van der Waals surface area contributed by atoms with Crippen molar-refractivity contribution in [3.63, 3.8) is 0 Å². The van der Waals surface area contributed by atoms with Crippen LogP contribution < -0.4 is 30.1 Å². The first-order valence-electron chi connectivity index (χ1n) is 22.8. The fraction of sp³-hybridized carbons (Fsp3) is 0.500. The Balaban J connectivity index is 0.00000199. The summed E-state index contributed by atoms with van der Waals surface area (Å²) in [5.41, 5.74) is 1.47. The van der Waals surface area contributed by atoms with E-state index in [-0.39, 0.29) is 65.8 Å². The molecule has 4 aliphatic rings. The number of ether oxygens (including phenoxy) is 1. The van der Waals surface area contributed by atoms with Crippen LogP contribution in [0.15, 0.2) is 42.5 Å². The molecule has 18 heteroatoms. The van der Waals surface area contributed by atoms with E-state index in [1.54, 1.807) is 24.3 Å². The number of carbonyl (C=O) groups excluding carboxylic acids is 5. The number of nitrogens with one attached hydrogen (secondary N) is 2. The van der Waals surface area contributed by atoms with Crippen molar-refractivity contribution in [3.05, 3.63) is 76.6 Å². The Kier molecular flexibility index (Phi) is 17.8. The van der Waals surface area contributed by atoms with Gasteiger partial charge in [0.25, 0.3) is 11.8 Å². The summed E-state index contributed by atoms with van der Waals surface area (Å²) in [4.78, 5) is 74.1. The van der Waals surface area contributed by atoms with Crippen LogP contribution in [0.25, 0.3) is 0 Å². The summed E-state index contributed by atoms with van der Waals surface area (Å²) < 4.78 is 50.8. The molecule has 3 saturated heterocycles. The summed E-state index contributed by atoms with van der Waals surface area (Å²) >= 11 is 0. The van der Waals surface area contributed by atoms with Crippen LogP contribution in [0.2, 0.25) is 0 Å². The van der Waals surface area contributed by atoms with Crippen LogP contribution in [0.5, 0.6) is 5.75 Å². The monoisotopic (exact) mass is 917 g/mol. The molecule has 4 aliphatic heterocycles. The maximum Gasteiger partial charge on any atom is 0.322 e. The Morgan fingerprint density at radius 2 is 1.53 bits per heavy atom. The maximum absolute atomic E-state index is 15.5. The third kappa shape index (κ3) is 11.0. The van der Waals surface area contributed by atoms with Gasteiger partial charge < -0.3 is 39.8 Å². The minimum absolute atomic E-state index is 0.0316. The fourth-order valence-corrected chi connectivity index (χ4v) is 9.00. The minimum atomic E-state index is -1.08. The molecule has 3 fully saturated rings. The number of imide groups is 1. The normalized spacial score (nSPS) is 18.0. The van der Waals surface area contributed by atoms with E-state index in [1.807, 2.05) is 50.5 Å². The summed E-state index contributed by atoms with van der Waals surface area (Å²) in [6.45, 7) is 15.5. The Bertz CT molecular complexity index is 2280. The average molecular weight is 918 g/mol. The quantitative estimate of drug-likeness (QED) is 0.151. The van der Waals surface area contributed by atoms with Crippen molar-refractivity contribution >= 4 is 52.8 Å². The van der Waals surface area contributed by atoms with Crippen molar-refractivity contribution in [2.75, 3.05) is 99.6 Å². The number of piperazine rings is 2. The largest absolute Gasteiger partial charge is 0.495 e. The molecule has 7 rings (SSSR count). The number of amides is 5. The van der Waals surface area contributed by atoms with E-state index in [0.717, 1.165) is 55.2 Å². The zero-order valence-corrected chi connectivity index (χ0v) is 39.0. The number of methoxy groups -OCH3 is 1. The van der Waals surface area contributed by atoms with Crippen molar-refractivity contribution in [3.8, 4) is 11.8 Å². The highest BCUT2D eigenvalue weighted by Gasteiger charge is 2.43. The van der Waals surface area contributed by atoms with Gasteiger partial charge in [0.1, 0.15) is 47.2 Å². The second kappa shape index (κ2) is 23.2. The summed E-state index contributed by atoms with van der Waals surface area (Å²) in [5.74, 6) is -3.24. The molecule has 0 spiro atoms. The van der Waals surface area contributed by atoms with Gasteiger partial charge in [-0.05, 0) is 56.4 Å². The number of benzene rings is 3. The number of nitriles is 1. The molecular formula is C48H62F3N9O6. The number of nitrogens with zero attached hydrogens (tertiary/aromatic N) is 7. The molecule has 66 heavy (non-hydrogen) atoms. The lowest BCUT2D eigenvalue weighted by molar-refractivity contribution is -0.124. The number of carbonyl (C=O) groups is 5. The molecule has 3 aromatic carbocycles. The smallest absolute Gasteiger partial charge is 0.322 e. The number of piperidine rings is 1. The number of likely N-dealkylation sites (N-methyl/N-ethyl adjacent to an activating group) is 1. The molecule has 4 heterocycles. The van der Waals surface area contributed by atoms with Crippen LogP contribution in [-0.2, 0) is 9.59 Å². The predicted octanol–water partition coefficient (Wildman–Crippen LogP) is 6.51. The molecule has 2 N–H and O–H groups in total. The van der Waals surface area contributed by atoms with Crippen LogP contribution in [0.1, 0.15) is 86.6 Å². The Morgan fingerprint density at radius 1 is 0.848 bits per heavy atom. The summed E-state index contributed by atoms with van der Waals surface area (Å²) in [5, 5.41) is 14.3. The van der Waals surface area contributed by atoms with E-state index in [4.69, 9.17) is 4.74 Å². The van der Waals surface area contributed by atoms with Crippen LogP contribution >= 0.6 is 0 Å². The molecular weight excluding hydrogens is 856 g/mol. The van der Waals surface area contributed by atoms with Gasteiger partial charge in [-0.2, -0.15) is 5.26 Å². The van der Waals surface area contributed by atoms with Crippen molar-refractivity contribution in [1.82, 2.24) is 20.0 Å². The second-order valence-corrected chi connectivity index (χ2v) is 16.1. The number of halogens is 3. The minimum Gasteiger partial charge on any atom is -0.495 e. The highest BCUT2D eigenvalue weighted by Crippen LogP contribution is 2.34. The lowest BCUT2D eigenvalue weighted by Crippen LogP contribution is -2.54. The molecule has 5 amide bonds. The van der Waals surface area contributed by atoms with Gasteiger partial charge in [0, 0.05) is 115 Å². The highest BCUT2D eigenvalue weighted by atomic mass is 19.1. The Labute approximate surface area is 385 Å². The van der Waals surface area contributed by atoms with Crippen molar-refractivity contribution in [1.29, 1.82) is 5.26 Å². The molecule has 356 valence electrons. The van der Waals surface area contributed by atoms with E-state index in [1.165, 1.54) is 25.1 Å². The van der Waals surface area contributed by atoms with E-state index < -0.39 is 47.2 Å². The predicted molar refractivity (Wildman–Crippen MR) is 248 cm³/mol. The van der Waals surface area contributed by atoms with E-state index >= 15 is 8.78 Å². The summed E-state index contributed by atoms with van der Waals surface area (Å²) in [6, 6.07) is 10.0. The zero-order chi connectivity index (χ0) is 48.2. The van der Waals surface area contributed by atoms with Gasteiger partial charge >= 0.3 is 6.03 Å². The SMILES string of the molecule is CC.CC.CNC(=O)C(CCC=O)N1C(=O)c2ccc(N3CCN(CC4CCN(c5cc(F)c(NC(=O)N6CCN(c7cc(F)c(C#N)c(OC)c7)C(C)C6)cc5F)CC4)CC3)cc2C1=O. The first-order valence-corrected chi connectivity index (χ1v) is 22.8. The number of hydrogen-bond donors (Lipinski definition) is 2. The summed E-state index contributed by atoms with van der Waals surface area (Å²) in [7, 11) is 2.78. The topological polar surface area (TPSA) is 162 Å². The van der Waals surface area contributed by atoms with Gasteiger partial charge in [-0.1, -0.05) is 27.7 Å². The van der Waals surface area contributed by atoms with Gasteiger partial charge in [-0.25, -0.2) is 18.0 Å². The standard InChI is InChI=1S/C44H50F3N9O6.2C2H6/c1-27-25-54(16-17-55(27)30-20-34(45)33(24-48)40(21-30)62-3)44(61)50-37-22-36(47)39(23-35(37)46)53-10-8-28(9-11-53)26-51-12-14-52(15-13-51)29-6-7-31-32(19-29)43(60)56(42(31)59)38(5-4-18-57)41(58)49-2;2*1-2/h6-7,18-23,27-28,38H,4-5,8-17,25-26H2,1-3H3,(H,49,58)(H,50,61);2*1-2H3. The second-order valence-electron chi connectivity index (χ2n) is 16.1. The molecule has 3 aromatic rings. The van der Waals surface area contributed by atoms with E-state index in [2.05, 4.69) is 20.4 Å².